The van der Waals surface area contributed by atoms with E-state index in [1.54, 1.807) is 0 Å². The summed E-state index contributed by atoms with van der Waals surface area (Å²) in [7, 11) is 0. The van der Waals surface area contributed by atoms with Crippen LogP contribution >= 0.6 is 12.2 Å². The minimum Gasteiger partial charge on any atom is -0.411 e. The van der Waals surface area contributed by atoms with Crippen molar-refractivity contribution in [2.24, 2.45) is 0 Å². The summed E-state index contributed by atoms with van der Waals surface area (Å²) in [6.07, 6.45) is 5.25. The third-order valence-corrected chi connectivity index (χ3v) is 2.51. The molecule has 0 unspecified atom stereocenters. The molecule has 0 saturated heterocycles. The molecule has 0 aromatic heterocycles. The van der Waals surface area contributed by atoms with Gasteiger partial charge in [0.25, 0.3) is 0 Å². The van der Waals surface area contributed by atoms with Gasteiger partial charge in [-0.2, -0.15) is 0 Å². The van der Waals surface area contributed by atoms with Gasteiger partial charge in [0.15, 0.2) is 0 Å². The van der Waals surface area contributed by atoms with Gasteiger partial charge in [0.1, 0.15) is 0 Å². The van der Waals surface area contributed by atoms with Gasteiger partial charge >= 0.3 is 0 Å². The molecule has 2 nitrogen and oxygen atoms in total. The number of hydrogen-bond donors (Lipinski definition) is 1. The maximum Gasteiger partial charge on any atom is 0.0711 e. The largest absolute Gasteiger partial charge is 0.411 e. The van der Waals surface area contributed by atoms with E-state index in [2.05, 4.69) is 10.6 Å². The Morgan fingerprint density at radius 1 is 1.38 bits per heavy atom. The lowest BCUT2D eigenvalue weighted by Crippen LogP contribution is -2.48. The predicted molar refractivity (Wildman–Crippen MR) is 61.3 cm³/mol. The Balaban J connectivity index is 0.000000251. The van der Waals surface area contributed by atoms with Crippen LogP contribution in [0.25, 0.3) is 0 Å². The summed E-state index contributed by atoms with van der Waals surface area (Å²) >= 11 is 9.98. The first-order valence-electron chi connectivity index (χ1n) is 4.99. The summed E-state index contributed by atoms with van der Waals surface area (Å²) in [6.45, 7) is 3.01. The predicted octanol–water partition coefficient (Wildman–Crippen LogP) is 0.693. The Morgan fingerprint density at radius 2 is 1.69 bits per heavy atom. The first-order valence-corrected chi connectivity index (χ1v) is 5.80. The van der Waals surface area contributed by atoms with Gasteiger partial charge in [-0.1, -0.05) is 4.32 Å². The molecule has 0 bridgehead atoms. The van der Waals surface area contributed by atoms with Gasteiger partial charge in [0.2, 0.25) is 0 Å². The zero-order valence-electron chi connectivity index (χ0n) is 8.16. The molecule has 0 radical (unpaired) electrons. The zero-order valence-corrected chi connectivity index (χ0v) is 9.79. The van der Waals surface area contributed by atoms with E-state index in [-0.39, 0.29) is 0 Å². The molecule has 2 aliphatic carbocycles. The van der Waals surface area contributed by atoms with Gasteiger partial charge in [-0.15, -0.1) is 0 Å². The molecule has 0 atom stereocenters. The topological polar surface area (TPSA) is 30.9 Å². The van der Waals surface area contributed by atoms with Crippen molar-refractivity contribution >= 4 is 29.2 Å². The van der Waals surface area contributed by atoms with E-state index in [1.807, 2.05) is 6.92 Å². The van der Waals surface area contributed by atoms with E-state index in [1.165, 1.54) is 25.7 Å². The highest BCUT2D eigenvalue weighted by Crippen LogP contribution is 2.37. The van der Waals surface area contributed by atoms with Crippen LogP contribution in [0.5, 0.6) is 0 Å². The Bertz CT molecular complexity index is 164. The van der Waals surface area contributed by atoms with Crippen molar-refractivity contribution < 1.29 is 5.73 Å². The maximum atomic E-state index is 4.99. The highest BCUT2D eigenvalue weighted by molar-refractivity contribution is 8.00. The lowest BCUT2D eigenvalue weighted by atomic mass is 10.5. The molecule has 2 aliphatic rings. The molecule has 0 heterocycles. The van der Waals surface area contributed by atoms with Crippen LogP contribution in [-0.4, -0.2) is 27.8 Å². The van der Waals surface area contributed by atoms with Gasteiger partial charge in [-0.3, -0.25) is 0 Å². The average Bonchev–Trinajstić information content (AvgIpc) is 2.77. The number of nitrogens with zero attached hydrogens (tertiary/aromatic N) is 1. The van der Waals surface area contributed by atoms with Crippen molar-refractivity contribution in [2.45, 2.75) is 44.7 Å². The molecule has 2 fully saturated rings. The summed E-state index contributed by atoms with van der Waals surface area (Å²) in [5, 5.41) is 0. The fourth-order valence-electron chi connectivity index (χ4n) is 1.30. The van der Waals surface area contributed by atoms with Gasteiger partial charge in [0, 0.05) is 12.1 Å². The molecule has 76 valence electrons. The number of hydrogen-bond acceptors (Lipinski definition) is 2. The lowest BCUT2D eigenvalue weighted by Gasteiger charge is -2.28. The van der Waals surface area contributed by atoms with Crippen LogP contribution in [0, 0.1) is 0 Å². The third-order valence-electron chi connectivity index (χ3n) is 2.09. The molecule has 2 rings (SSSR count). The quantitative estimate of drug-likeness (QED) is 0.546. The summed E-state index contributed by atoms with van der Waals surface area (Å²) < 4.78 is 0.699. The molecule has 13 heavy (non-hydrogen) atoms. The Morgan fingerprint density at radius 3 is 1.85 bits per heavy atom. The van der Waals surface area contributed by atoms with Crippen molar-refractivity contribution in [3.05, 3.63) is 0 Å². The van der Waals surface area contributed by atoms with Crippen LogP contribution in [-0.2, 0) is 12.6 Å². The average molecular weight is 218 g/mol. The van der Waals surface area contributed by atoms with Crippen LogP contribution < -0.4 is 5.73 Å². The van der Waals surface area contributed by atoms with Gasteiger partial charge in [-0.05, 0) is 32.6 Å². The Labute approximate surface area is 91.3 Å². The lowest BCUT2D eigenvalue weighted by molar-refractivity contribution is -0.361. The van der Waals surface area contributed by atoms with E-state index in [0.29, 0.717) is 4.32 Å². The SMILES string of the molecule is CC[NH3+].S=C([S-])N(C1CC1)C1CC1. The minimum absolute atomic E-state index is 0.699. The summed E-state index contributed by atoms with van der Waals surface area (Å²) in [5.41, 5.74) is 3.49. The summed E-state index contributed by atoms with van der Waals surface area (Å²) in [4.78, 5) is 2.27. The normalized spacial score (nSPS) is 20.2. The zero-order chi connectivity index (χ0) is 9.84. The van der Waals surface area contributed by atoms with Gasteiger partial charge in [-0.25, -0.2) is 0 Å². The van der Waals surface area contributed by atoms with Crippen molar-refractivity contribution in [3.63, 3.8) is 0 Å². The summed E-state index contributed by atoms with van der Waals surface area (Å²) in [6, 6.07) is 1.47. The molecular formula is C9H18N2S2. The molecule has 4 heteroatoms. The second-order valence-corrected chi connectivity index (χ2v) is 4.67. The van der Waals surface area contributed by atoms with E-state index in [9.17, 15) is 0 Å². The summed E-state index contributed by atoms with van der Waals surface area (Å²) in [5.74, 6) is 0. The molecule has 3 N–H and O–H groups in total. The highest BCUT2D eigenvalue weighted by atomic mass is 32.1. The van der Waals surface area contributed by atoms with Crippen LogP contribution in [0.1, 0.15) is 32.6 Å². The number of rotatable bonds is 2. The van der Waals surface area contributed by atoms with E-state index in [0.717, 1.165) is 18.6 Å². The van der Waals surface area contributed by atoms with Crippen molar-refractivity contribution in [1.82, 2.24) is 4.90 Å². The van der Waals surface area contributed by atoms with E-state index >= 15 is 0 Å². The van der Waals surface area contributed by atoms with Gasteiger partial charge in [0.05, 0.1) is 6.54 Å². The van der Waals surface area contributed by atoms with E-state index in [4.69, 9.17) is 24.8 Å². The van der Waals surface area contributed by atoms with Crippen LogP contribution in [0.2, 0.25) is 0 Å². The second-order valence-electron chi connectivity index (χ2n) is 3.64. The van der Waals surface area contributed by atoms with E-state index < -0.39 is 0 Å². The first kappa shape index (κ1) is 11.1. The third kappa shape index (κ3) is 3.75. The van der Waals surface area contributed by atoms with Gasteiger partial charge < -0.3 is 35.5 Å². The molecule has 0 spiro atoms. The number of quaternary nitrogens is 1. The van der Waals surface area contributed by atoms with Crippen LogP contribution in [0.4, 0.5) is 0 Å². The van der Waals surface area contributed by atoms with Crippen molar-refractivity contribution in [3.8, 4) is 0 Å². The molecule has 0 amide bonds. The van der Waals surface area contributed by atoms with Crippen LogP contribution in [0.15, 0.2) is 0 Å². The monoisotopic (exact) mass is 218 g/mol. The molecule has 2 saturated carbocycles. The smallest absolute Gasteiger partial charge is 0.0711 e. The first-order chi connectivity index (χ1) is 6.20. The second kappa shape index (κ2) is 5.08. The fraction of sp³-hybridized carbons (Fsp3) is 0.889. The molecule has 0 aromatic carbocycles. The van der Waals surface area contributed by atoms with Crippen molar-refractivity contribution in [1.29, 1.82) is 0 Å². The van der Waals surface area contributed by atoms with Crippen molar-refractivity contribution in [2.75, 3.05) is 6.54 Å². The molecular weight excluding hydrogens is 200 g/mol. The maximum absolute atomic E-state index is 4.99. The molecule has 0 aliphatic heterocycles. The highest BCUT2D eigenvalue weighted by Gasteiger charge is 2.37. The minimum atomic E-state index is 0.699. The Hall–Kier alpha value is 0.0700. The molecule has 0 aromatic rings. The number of thiocarbonyl (C=S) groups is 1. The van der Waals surface area contributed by atoms with Crippen LogP contribution in [0.3, 0.4) is 0 Å². The standard InChI is InChI=1S/C7H11NS2.C2H7N/c9-7(10)8(5-1-2-5)6-3-4-6;1-2-3/h5-6H,1-4H2,(H,9,10);2-3H2,1H3. The Kier molecular flexibility index (Phi) is 4.35. The fourth-order valence-corrected chi connectivity index (χ4v) is 1.90.